The Morgan fingerprint density at radius 2 is 1.47 bits per heavy atom. The molecule has 0 aliphatic carbocycles. The normalized spacial score (nSPS) is 11.1. The van der Waals surface area contributed by atoms with E-state index in [1.807, 2.05) is 0 Å². The molecule has 1 nitrogen and oxygen atoms in total. The van der Waals surface area contributed by atoms with Crippen LogP contribution in [0.5, 0.6) is 5.75 Å². The highest BCUT2D eigenvalue weighted by molar-refractivity contribution is 6.13. The molecule has 2 heteroatoms. The van der Waals surface area contributed by atoms with Gasteiger partial charge in [0.1, 0.15) is 18.2 Å². The van der Waals surface area contributed by atoms with E-state index in [1.165, 1.54) is 50.4 Å². The van der Waals surface area contributed by atoms with Crippen molar-refractivity contribution in [2.45, 2.75) is 13.5 Å². The number of ether oxygens (including phenoxy) is 1. The first-order valence-corrected chi connectivity index (χ1v) is 10.1. The van der Waals surface area contributed by atoms with Crippen molar-refractivity contribution in [1.29, 1.82) is 0 Å². The van der Waals surface area contributed by atoms with Crippen molar-refractivity contribution in [2.75, 3.05) is 0 Å². The molecule has 0 aliphatic rings. The number of halogens is 1. The summed E-state index contributed by atoms with van der Waals surface area (Å²) in [6, 6.07) is 32.1. The number of hydrogen-bond donors (Lipinski definition) is 0. The van der Waals surface area contributed by atoms with Crippen molar-refractivity contribution in [3.8, 4) is 16.9 Å². The fraction of sp³-hybridized carbons (Fsp3) is 0.0714. The monoisotopic (exact) mass is 392 g/mol. The Morgan fingerprint density at radius 1 is 0.700 bits per heavy atom. The maximum absolute atomic E-state index is 13.1. The number of fused-ring (bicyclic) bond motifs is 3. The minimum absolute atomic E-state index is 0.261. The third kappa shape index (κ3) is 3.53. The molecule has 30 heavy (non-hydrogen) atoms. The molecule has 0 saturated heterocycles. The van der Waals surface area contributed by atoms with E-state index >= 15 is 0 Å². The molecule has 0 N–H and O–H groups in total. The fourth-order valence-electron chi connectivity index (χ4n) is 3.91. The van der Waals surface area contributed by atoms with Crippen molar-refractivity contribution in [3.63, 3.8) is 0 Å². The molecular formula is C28H21FO. The largest absolute Gasteiger partial charge is 0.489 e. The first kappa shape index (κ1) is 18.4. The third-order valence-corrected chi connectivity index (χ3v) is 5.51. The Morgan fingerprint density at radius 3 is 2.27 bits per heavy atom. The van der Waals surface area contributed by atoms with Crippen LogP contribution in [0.3, 0.4) is 0 Å². The summed E-state index contributed by atoms with van der Waals surface area (Å²) in [6.45, 7) is 2.54. The van der Waals surface area contributed by atoms with Crippen molar-refractivity contribution in [3.05, 3.63) is 114 Å². The van der Waals surface area contributed by atoms with Gasteiger partial charge < -0.3 is 4.74 Å². The van der Waals surface area contributed by atoms with Crippen LogP contribution in [0, 0.1) is 12.7 Å². The van der Waals surface area contributed by atoms with Gasteiger partial charge in [0.15, 0.2) is 0 Å². The molecule has 0 heterocycles. The summed E-state index contributed by atoms with van der Waals surface area (Å²) >= 11 is 0. The van der Waals surface area contributed by atoms with Crippen molar-refractivity contribution < 1.29 is 9.13 Å². The van der Waals surface area contributed by atoms with Crippen LogP contribution in [0.1, 0.15) is 11.1 Å². The van der Waals surface area contributed by atoms with E-state index in [4.69, 9.17) is 4.74 Å². The van der Waals surface area contributed by atoms with Gasteiger partial charge in [0.2, 0.25) is 0 Å². The van der Waals surface area contributed by atoms with E-state index in [-0.39, 0.29) is 5.82 Å². The lowest BCUT2D eigenvalue weighted by molar-refractivity contribution is 0.306. The minimum atomic E-state index is -0.261. The predicted octanol–water partition coefficient (Wildman–Crippen LogP) is 7.69. The minimum Gasteiger partial charge on any atom is -0.489 e. The quantitative estimate of drug-likeness (QED) is 0.285. The molecule has 5 aromatic carbocycles. The number of benzene rings is 5. The van der Waals surface area contributed by atoms with Crippen LogP contribution in [-0.4, -0.2) is 0 Å². The van der Waals surface area contributed by atoms with Crippen LogP contribution in [-0.2, 0) is 6.61 Å². The smallest absolute Gasteiger partial charge is 0.123 e. The summed E-state index contributed by atoms with van der Waals surface area (Å²) in [6.07, 6.45) is 0. The summed E-state index contributed by atoms with van der Waals surface area (Å²) in [7, 11) is 0. The van der Waals surface area contributed by atoms with E-state index < -0.39 is 0 Å². The van der Waals surface area contributed by atoms with Crippen molar-refractivity contribution in [1.82, 2.24) is 0 Å². The van der Waals surface area contributed by atoms with E-state index in [0.717, 1.165) is 5.56 Å². The highest BCUT2D eigenvalue weighted by Crippen LogP contribution is 2.35. The van der Waals surface area contributed by atoms with Crippen LogP contribution >= 0.6 is 0 Å². The highest BCUT2D eigenvalue weighted by atomic mass is 19.1. The Kier molecular flexibility index (Phi) is 4.68. The summed E-state index contributed by atoms with van der Waals surface area (Å²) in [4.78, 5) is 0. The molecule has 0 atom stereocenters. The molecule has 146 valence electrons. The molecule has 5 aromatic rings. The van der Waals surface area contributed by atoms with Gasteiger partial charge in [0.25, 0.3) is 0 Å². The summed E-state index contributed by atoms with van der Waals surface area (Å²) in [5.41, 5.74) is 4.74. The molecule has 0 aromatic heterocycles. The lowest BCUT2D eigenvalue weighted by Crippen LogP contribution is -1.96. The van der Waals surface area contributed by atoms with Gasteiger partial charge in [-0.15, -0.1) is 0 Å². The first-order chi connectivity index (χ1) is 14.7. The van der Waals surface area contributed by atoms with Gasteiger partial charge in [-0.05, 0) is 81.6 Å². The van der Waals surface area contributed by atoms with Gasteiger partial charge in [0, 0.05) is 0 Å². The van der Waals surface area contributed by atoms with E-state index in [2.05, 4.69) is 79.7 Å². The molecular weight excluding hydrogens is 371 g/mol. The van der Waals surface area contributed by atoms with Crippen LogP contribution in [0.15, 0.2) is 97.1 Å². The molecule has 0 unspecified atom stereocenters. The second kappa shape index (κ2) is 7.64. The standard InChI is InChI=1S/C28H21FO/c1-19-6-9-21(10-7-19)27-17-22-4-2-3-5-25(22)26-15-8-20(16-28(26)27)18-30-24-13-11-23(29)12-14-24/h2-17H,18H2,1H3. The molecule has 0 spiro atoms. The average Bonchev–Trinajstić information content (AvgIpc) is 2.78. The number of aryl methyl sites for hydroxylation is 1. The van der Waals surface area contributed by atoms with Crippen LogP contribution < -0.4 is 4.74 Å². The van der Waals surface area contributed by atoms with E-state index in [9.17, 15) is 4.39 Å². The first-order valence-electron chi connectivity index (χ1n) is 10.1. The Bertz CT molecular complexity index is 1340. The molecule has 0 aliphatic heterocycles. The number of hydrogen-bond acceptors (Lipinski definition) is 1. The van der Waals surface area contributed by atoms with Gasteiger partial charge in [-0.1, -0.05) is 66.2 Å². The second-order valence-electron chi connectivity index (χ2n) is 7.63. The van der Waals surface area contributed by atoms with Crippen LogP contribution in [0.25, 0.3) is 32.7 Å². The summed E-state index contributed by atoms with van der Waals surface area (Å²) in [5.74, 6) is 0.399. The van der Waals surface area contributed by atoms with Gasteiger partial charge in [-0.25, -0.2) is 4.39 Å². The zero-order chi connectivity index (χ0) is 20.5. The third-order valence-electron chi connectivity index (χ3n) is 5.51. The number of rotatable bonds is 4. The zero-order valence-electron chi connectivity index (χ0n) is 16.7. The lowest BCUT2D eigenvalue weighted by Gasteiger charge is -2.13. The summed E-state index contributed by atoms with van der Waals surface area (Å²) in [5, 5.41) is 4.91. The maximum atomic E-state index is 13.1. The van der Waals surface area contributed by atoms with Gasteiger partial charge in [-0.2, -0.15) is 0 Å². The lowest BCUT2D eigenvalue weighted by atomic mass is 9.92. The average molecular weight is 392 g/mol. The Hall–Kier alpha value is -3.65. The Labute approximate surface area is 175 Å². The Balaban J connectivity index is 1.61. The molecule has 0 radical (unpaired) electrons. The van der Waals surface area contributed by atoms with Gasteiger partial charge >= 0.3 is 0 Å². The predicted molar refractivity (Wildman–Crippen MR) is 122 cm³/mol. The SMILES string of the molecule is Cc1ccc(-c2cc3ccccc3c3ccc(COc4ccc(F)cc4)cc23)cc1. The van der Waals surface area contributed by atoms with Crippen molar-refractivity contribution >= 4 is 21.5 Å². The topological polar surface area (TPSA) is 9.23 Å². The molecule has 0 amide bonds. The second-order valence-corrected chi connectivity index (χ2v) is 7.63. The highest BCUT2D eigenvalue weighted by Gasteiger charge is 2.10. The van der Waals surface area contributed by atoms with Gasteiger partial charge in [0.05, 0.1) is 0 Å². The molecule has 0 bridgehead atoms. The molecule has 0 saturated carbocycles. The zero-order valence-corrected chi connectivity index (χ0v) is 16.7. The van der Waals surface area contributed by atoms with Crippen LogP contribution in [0.4, 0.5) is 4.39 Å². The fourth-order valence-corrected chi connectivity index (χ4v) is 3.91. The van der Waals surface area contributed by atoms with E-state index in [1.54, 1.807) is 12.1 Å². The van der Waals surface area contributed by atoms with Crippen molar-refractivity contribution in [2.24, 2.45) is 0 Å². The summed E-state index contributed by atoms with van der Waals surface area (Å²) < 4.78 is 19.0. The van der Waals surface area contributed by atoms with E-state index in [0.29, 0.717) is 12.4 Å². The maximum Gasteiger partial charge on any atom is 0.123 e. The molecule has 0 fully saturated rings. The van der Waals surface area contributed by atoms with Crippen LogP contribution in [0.2, 0.25) is 0 Å². The molecule has 5 rings (SSSR count). The van der Waals surface area contributed by atoms with Gasteiger partial charge in [-0.3, -0.25) is 0 Å².